The Morgan fingerprint density at radius 1 is 1.21 bits per heavy atom. The SMILES string of the molecule is CN1C(=O)N(CC(=O)Nc2ccc(Br)c(C(F)(F)F)c2)C(=O)C12CCCCC2. The van der Waals surface area contributed by atoms with Crippen molar-refractivity contribution < 1.29 is 27.6 Å². The van der Waals surface area contributed by atoms with Gasteiger partial charge in [-0.2, -0.15) is 13.2 Å². The first-order chi connectivity index (χ1) is 13.1. The highest BCUT2D eigenvalue weighted by Gasteiger charge is 2.55. The second kappa shape index (κ2) is 7.38. The Labute approximate surface area is 168 Å². The average Bonchev–Trinajstić information content (AvgIpc) is 2.79. The summed E-state index contributed by atoms with van der Waals surface area (Å²) >= 11 is 2.83. The second-order valence-electron chi connectivity index (χ2n) is 7.07. The minimum absolute atomic E-state index is 0.0691. The molecule has 1 spiro atoms. The monoisotopic (exact) mass is 461 g/mol. The van der Waals surface area contributed by atoms with E-state index in [0.717, 1.165) is 30.2 Å². The number of anilines is 1. The van der Waals surface area contributed by atoms with Crippen LogP contribution in [0.3, 0.4) is 0 Å². The van der Waals surface area contributed by atoms with Crippen molar-refractivity contribution in [2.45, 2.75) is 43.8 Å². The molecule has 0 unspecified atom stereocenters. The molecule has 3 rings (SSSR count). The van der Waals surface area contributed by atoms with Crippen molar-refractivity contribution in [3.8, 4) is 0 Å². The van der Waals surface area contributed by atoms with Crippen LogP contribution in [0.2, 0.25) is 0 Å². The first-order valence-electron chi connectivity index (χ1n) is 8.82. The standard InChI is InChI=1S/C18H19BrF3N3O3/c1-24-16(28)25(15(27)17(24)7-3-2-4-8-17)10-14(26)23-11-5-6-13(19)12(9-11)18(20,21)22/h5-6,9H,2-4,7-8,10H2,1H3,(H,23,26). The molecule has 1 saturated heterocycles. The molecule has 1 aliphatic heterocycles. The van der Waals surface area contributed by atoms with Gasteiger partial charge in [0, 0.05) is 17.2 Å². The topological polar surface area (TPSA) is 69.7 Å². The first kappa shape index (κ1) is 20.6. The van der Waals surface area contributed by atoms with Crippen LogP contribution in [0.5, 0.6) is 0 Å². The Bertz CT molecular complexity index is 822. The van der Waals surface area contributed by atoms with Gasteiger partial charge in [-0.1, -0.05) is 35.2 Å². The molecule has 6 nitrogen and oxygen atoms in total. The lowest BCUT2D eigenvalue weighted by Crippen LogP contribution is -2.49. The van der Waals surface area contributed by atoms with E-state index in [4.69, 9.17) is 0 Å². The van der Waals surface area contributed by atoms with Gasteiger partial charge in [-0.05, 0) is 31.0 Å². The number of amides is 4. The number of likely N-dealkylation sites (N-methyl/N-ethyl adjacent to an activating group) is 1. The van der Waals surface area contributed by atoms with Gasteiger partial charge >= 0.3 is 12.2 Å². The Balaban J connectivity index is 1.73. The highest BCUT2D eigenvalue weighted by atomic mass is 79.9. The average molecular weight is 462 g/mol. The summed E-state index contributed by atoms with van der Waals surface area (Å²) in [5.74, 6) is -1.15. The largest absolute Gasteiger partial charge is 0.417 e. The number of halogens is 4. The molecule has 1 aliphatic carbocycles. The maximum atomic E-state index is 13.0. The molecule has 0 bridgehead atoms. The molecule has 2 aliphatic rings. The molecular formula is C18H19BrF3N3O3. The number of nitrogens with one attached hydrogen (secondary N) is 1. The van der Waals surface area contributed by atoms with Gasteiger partial charge in [0.15, 0.2) is 0 Å². The zero-order valence-corrected chi connectivity index (χ0v) is 16.7. The Morgan fingerprint density at radius 2 is 1.86 bits per heavy atom. The molecule has 28 heavy (non-hydrogen) atoms. The van der Waals surface area contributed by atoms with Gasteiger partial charge in [0.2, 0.25) is 5.91 Å². The highest BCUT2D eigenvalue weighted by molar-refractivity contribution is 9.10. The number of carbonyl (C=O) groups is 3. The van der Waals surface area contributed by atoms with E-state index < -0.39 is 41.7 Å². The summed E-state index contributed by atoms with van der Waals surface area (Å²) in [7, 11) is 1.55. The molecule has 0 atom stereocenters. The van der Waals surface area contributed by atoms with Crippen LogP contribution in [0.15, 0.2) is 22.7 Å². The summed E-state index contributed by atoms with van der Waals surface area (Å²) < 4.78 is 38.8. The summed E-state index contributed by atoms with van der Waals surface area (Å²) in [6.45, 7) is -0.541. The molecule has 1 heterocycles. The summed E-state index contributed by atoms with van der Waals surface area (Å²) in [5, 5.41) is 2.33. The zero-order valence-electron chi connectivity index (χ0n) is 15.1. The van der Waals surface area contributed by atoms with E-state index in [-0.39, 0.29) is 10.2 Å². The Morgan fingerprint density at radius 3 is 2.46 bits per heavy atom. The molecule has 1 saturated carbocycles. The van der Waals surface area contributed by atoms with Gasteiger partial charge in [0.1, 0.15) is 12.1 Å². The van der Waals surface area contributed by atoms with Crippen LogP contribution in [-0.4, -0.2) is 46.8 Å². The predicted octanol–water partition coefficient (Wildman–Crippen LogP) is 4.00. The zero-order chi connectivity index (χ0) is 20.7. The van der Waals surface area contributed by atoms with Gasteiger partial charge in [0.25, 0.3) is 5.91 Å². The third-order valence-corrected chi connectivity index (χ3v) is 6.03. The number of urea groups is 1. The maximum Gasteiger partial charge on any atom is 0.417 e. The normalized spacial score (nSPS) is 19.5. The van der Waals surface area contributed by atoms with Gasteiger partial charge in [-0.3, -0.25) is 14.5 Å². The Hall–Kier alpha value is -2.10. The summed E-state index contributed by atoms with van der Waals surface area (Å²) in [6, 6.07) is 2.72. The van der Waals surface area contributed by atoms with Crippen molar-refractivity contribution in [2.24, 2.45) is 0 Å². The number of nitrogens with zero attached hydrogens (tertiary/aromatic N) is 2. The molecule has 2 fully saturated rings. The van der Waals surface area contributed by atoms with E-state index in [1.807, 2.05) is 0 Å². The lowest BCUT2D eigenvalue weighted by molar-refractivity contribution is -0.138. The molecule has 4 amide bonds. The predicted molar refractivity (Wildman–Crippen MR) is 98.5 cm³/mol. The highest BCUT2D eigenvalue weighted by Crippen LogP contribution is 2.39. The minimum Gasteiger partial charge on any atom is -0.325 e. The van der Waals surface area contributed by atoms with Crippen molar-refractivity contribution in [1.82, 2.24) is 9.80 Å². The van der Waals surface area contributed by atoms with Crippen LogP contribution < -0.4 is 5.32 Å². The number of benzene rings is 1. The van der Waals surface area contributed by atoms with Crippen molar-refractivity contribution in [2.75, 3.05) is 18.9 Å². The maximum absolute atomic E-state index is 13.0. The fourth-order valence-electron chi connectivity index (χ4n) is 3.84. The molecule has 0 radical (unpaired) electrons. The number of hydrogen-bond acceptors (Lipinski definition) is 3. The van der Waals surface area contributed by atoms with E-state index in [0.29, 0.717) is 12.8 Å². The smallest absolute Gasteiger partial charge is 0.325 e. The van der Waals surface area contributed by atoms with Crippen molar-refractivity contribution >= 4 is 39.5 Å². The minimum atomic E-state index is -4.59. The number of hydrogen-bond donors (Lipinski definition) is 1. The number of alkyl halides is 3. The van der Waals surface area contributed by atoms with Crippen LogP contribution in [0, 0.1) is 0 Å². The summed E-state index contributed by atoms with van der Waals surface area (Å²) in [5.41, 5.74) is -1.91. The molecule has 1 aromatic carbocycles. The molecule has 0 aromatic heterocycles. The number of carbonyl (C=O) groups excluding carboxylic acids is 3. The van der Waals surface area contributed by atoms with Crippen LogP contribution >= 0.6 is 15.9 Å². The van der Waals surface area contributed by atoms with Gasteiger partial charge in [0.05, 0.1) is 5.56 Å². The van der Waals surface area contributed by atoms with E-state index >= 15 is 0 Å². The first-order valence-corrected chi connectivity index (χ1v) is 9.62. The molecular weight excluding hydrogens is 443 g/mol. The van der Waals surface area contributed by atoms with Crippen LogP contribution in [0.1, 0.15) is 37.7 Å². The quantitative estimate of drug-likeness (QED) is 0.691. The second-order valence-corrected chi connectivity index (χ2v) is 7.92. The van der Waals surface area contributed by atoms with Crippen LogP contribution in [0.4, 0.5) is 23.7 Å². The third-order valence-electron chi connectivity index (χ3n) is 5.34. The van der Waals surface area contributed by atoms with Crippen molar-refractivity contribution in [3.63, 3.8) is 0 Å². The van der Waals surface area contributed by atoms with E-state index in [1.165, 1.54) is 17.0 Å². The lowest BCUT2D eigenvalue weighted by atomic mass is 9.81. The lowest BCUT2D eigenvalue weighted by Gasteiger charge is -2.35. The Kier molecular flexibility index (Phi) is 5.44. The molecule has 152 valence electrons. The van der Waals surface area contributed by atoms with E-state index in [2.05, 4.69) is 21.2 Å². The molecule has 1 N–H and O–H groups in total. The fraction of sp³-hybridized carbons (Fsp3) is 0.500. The molecule has 1 aromatic rings. The van der Waals surface area contributed by atoms with Crippen molar-refractivity contribution in [1.29, 1.82) is 0 Å². The third kappa shape index (κ3) is 3.61. The van der Waals surface area contributed by atoms with E-state index in [9.17, 15) is 27.6 Å². The van der Waals surface area contributed by atoms with Crippen molar-refractivity contribution in [3.05, 3.63) is 28.2 Å². The number of imide groups is 1. The number of rotatable bonds is 3. The van der Waals surface area contributed by atoms with Gasteiger partial charge < -0.3 is 10.2 Å². The van der Waals surface area contributed by atoms with Crippen LogP contribution in [0.25, 0.3) is 0 Å². The molecule has 10 heteroatoms. The van der Waals surface area contributed by atoms with Crippen LogP contribution in [-0.2, 0) is 15.8 Å². The van der Waals surface area contributed by atoms with Gasteiger partial charge in [-0.15, -0.1) is 0 Å². The summed E-state index contributed by atoms with van der Waals surface area (Å²) in [6.07, 6.45) is -0.855. The fourth-order valence-corrected chi connectivity index (χ4v) is 4.31. The summed E-state index contributed by atoms with van der Waals surface area (Å²) in [4.78, 5) is 39.9. The van der Waals surface area contributed by atoms with E-state index in [1.54, 1.807) is 7.05 Å². The van der Waals surface area contributed by atoms with Gasteiger partial charge in [-0.25, -0.2) is 4.79 Å².